The van der Waals surface area contributed by atoms with Crippen LogP contribution in [0.1, 0.15) is 95.8 Å². The summed E-state index contributed by atoms with van der Waals surface area (Å²) in [6, 6.07) is 7.36. The minimum Gasteiger partial charge on any atom is -0.444 e. The highest BCUT2D eigenvalue weighted by Crippen LogP contribution is 2.52. The lowest BCUT2D eigenvalue weighted by atomic mass is 9.65. The molecule has 2 aliphatic carbocycles. The second-order valence-electron chi connectivity index (χ2n) is 16.3. The number of aliphatic hydroxyl groups is 1. The maximum atomic E-state index is 15.2. The highest BCUT2D eigenvalue weighted by molar-refractivity contribution is 6.00. The van der Waals surface area contributed by atoms with Gasteiger partial charge >= 0.3 is 6.09 Å². The van der Waals surface area contributed by atoms with Crippen molar-refractivity contribution in [3.8, 4) is 11.1 Å². The predicted octanol–water partition coefficient (Wildman–Crippen LogP) is 5.70. The van der Waals surface area contributed by atoms with E-state index in [1.807, 2.05) is 11.8 Å². The molecule has 1 aromatic carbocycles. The second-order valence-corrected chi connectivity index (χ2v) is 16.3. The third-order valence-electron chi connectivity index (χ3n) is 11.7. The van der Waals surface area contributed by atoms with Crippen molar-refractivity contribution in [2.45, 2.75) is 103 Å². The van der Waals surface area contributed by atoms with Crippen LogP contribution in [0.25, 0.3) is 11.1 Å². The van der Waals surface area contributed by atoms with Gasteiger partial charge in [0.15, 0.2) is 0 Å². The van der Waals surface area contributed by atoms with Crippen LogP contribution in [0.15, 0.2) is 41.3 Å². The number of piperidine rings is 1. The van der Waals surface area contributed by atoms with Crippen molar-refractivity contribution in [1.82, 2.24) is 19.3 Å². The number of likely N-dealkylation sites (tertiary alicyclic amines) is 1. The van der Waals surface area contributed by atoms with E-state index in [1.165, 1.54) is 42.2 Å². The zero-order valence-corrected chi connectivity index (χ0v) is 30.1. The average Bonchev–Trinajstić information content (AvgIpc) is 3.53. The third kappa shape index (κ3) is 7.34. The number of amides is 3. The SMILES string of the molecule is CC(CC1CCC1)C(=O)N1CC[C@@](O)(Cn2cc(C(=O)N3CCN(C(=O)OC(C)(C)C)CC3)c(-c3ccccc3F)cc2=O)C2(CCCC2)C1. The van der Waals surface area contributed by atoms with E-state index in [4.69, 9.17) is 4.74 Å². The molecule has 0 bridgehead atoms. The number of piperazine rings is 1. The summed E-state index contributed by atoms with van der Waals surface area (Å²) >= 11 is 0. The van der Waals surface area contributed by atoms with Crippen molar-refractivity contribution < 1.29 is 28.6 Å². The Kier molecular flexibility index (Phi) is 10.2. The van der Waals surface area contributed by atoms with Crippen LogP contribution in [0.5, 0.6) is 0 Å². The molecule has 0 radical (unpaired) electrons. The molecule has 4 fully saturated rings. The molecule has 1 unspecified atom stereocenters. The van der Waals surface area contributed by atoms with Crippen LogP contribution in [0.4, 0.5) is 9.18 Å². The molecule has 2 saturated heterocycles. The van der Waals surface area contributed by atoms with Crippen LogP contribution >= 0.6 is 0 Å². The fourth-order valence-electron chi connectivity index (χ4n) is 8.57. The Morgan fingerprint density at radius 2 is 1.60 bits per heavy atom. The zero-order valence-electron chi connectivity index (χ0n) is 30.1. The van der Waals surface area contributed by atoms with Gasteiger partial charge in [0.05, 0.1) is 17.7 Å². The van der Waals surface area contributed by atoms with Gasteiger partial charge in [-0.05, 0) is 58.4 Å². The lowest BCUT2D eigenvalue weighted by molar-refractivity contribution is -0.163. The molecular formula is C39H53FN4O6. The largest absolute Gasteiger partial charge is 0.444 e. The molecule has 50 heavy (non-hydrogen) atoms. The zero-order chi connectivity index (χ0) is 35.8. The van der Waals surface area contributed by atoms with Crippen molar-refractivity contribution in [2.24, 2.45) is 17.3 Å². The Hall–Kier alpha value is -3.73. The Balaban J connectivity index is 1.27. The van der Waals surface area contributed by atoms with E-state index >= 15 is 4.39 Å². The minimum atomic E-state index is -1.28. The number of benzene rings is 1. The molecular weight excluding hydrogens is 639 g/mol. The smallest absolute Gasteiger partial charge is 0.410 e. The first-order valence-electron chi connectivity index (χ1n) is 18.5. The van der Waals surface area contributed by atoms with E-state index in [2.05, 4.69) is 0 Å². The highest BCUT2D eigenvalue weighted by atomic mass is 19.1. The monoisotopic (exact) mass is 692 g/mol. The van der Waals surface area contributed by atoms with E-state index in [9.17, 15) is 24.3 Å². The summed E-state index contributed by atoms with van der Waals surface area (Å²) in [5, 5.41) is 12.5. The van der Waals surface area contributed by atoms with Gasteiger partial charge in [-0.1, -0.05) is 57.2 Å². The molecule has 2 aliphatic heterocycles. The number of rotatable bonds is 7. The van der Waals surface area contributed by atoms with Crippen LogP contribution in [0.2, 0.25) is 0 Å². The molecule has 6 rings (SSSR count). The Labute approximate surface area is 294 Å². The third-order valence-corrected chi connectivity index (χ3v) is 11.7. The topological polar surface area (TPSA) is 112 Å². The molecule has 2 saturated carbocycles. The number of carbonyl (C=O) groups excluding carboxylic acids is 3. The first kappa shape index (κ1) is 36.1. The molecule has 3 heterocycles. The summed E-state index contributed by atoms with van der Waals surface area (Å²) in [6.45, 7) is 9.27. The van der Waals surface area contributed by atoms with Gasteiger partial charge in [0.1, 0.15) is 11.4 Å². The van der Waals surface area contributed by atoms with Crippen LogP contribution in [-0.4, -0.2) is 92.8 Å². The molecule has 4 aliphatic rings. The first-order valence-corrected chi connectivity index (χ1v) is 18.5. The van der Waals surface area contributed by atoms with Gasteiger partial charge in [-0.25, -0.2) is 9.18 Å². The summed E-state index contributed by atoms with van der Waals surface area (Å²) in [7, 11) is 0. The van der Waals surface area contributed by atoms with Crippen LogP contribution < -0.4 is 5.56 Å². The van der Waals surface area contributed by atoms with Crippen LogP contribution in [-0.2, 0) is 16.1 Å². The molecule has 11 heteroatoms. The summed E-state index contributed by atoms with van der Waals surface area (Å²) in [4.78, 5) is 59.4. The number of pyridine rings is 1. The fourth-order valence-corrected chi connectivity index (χ4v) is 8.57. The normalized spacial score (nSPS) is 23.1. The predicted molar refractivity (Wildman–Crippen MR) is 188 cm³/mol. The van der Waals surface area contributed by atoms with Crippen molar-refractivity contribution in [1.29, 1.82) is 0 Å². The molecule has 2 atom stereocenters. The van der Waals surface area contributed by atoms with E-state index in [0.717, 1.165) is 32.1 Å². The maximum absolute atomic E-state index is 15.2. The highest BCUT2D eigenvalue weighted by Gasteiger charge is 2.56. The van der Waals surface area contributed by atoms with E-state index < -0.39 is 34.1 Å². The molecule has 1 N–H and O–H groups in total. The molecule has 3 amide bonds. The van der Waals surface area contributed by atoms with E-state index in [0.29, 0.717) is 25.4 Å². The Morgan fingerprint density at radius 1 is 0.940 bits per heavy atom. The summed E-state index contributed by atoms with van der Waals surface area (Å²) in [6.07, 6.45) is 9.26. The number of carbonyl (C=O) groups is 3. The number of aromatic nitrogens is 1. The van der Waals surface area contributed by atoms with Gasteiger partial charge in [0.25, 0.3) is 11.5 Å². The number of ether oxygens (including phenoxy) is 1. The fraction of sp³-hybridized carbons (Fsp3) is 0.641. The van der Waals surface area contributed by atoms with Crippen LogP contribution in [0, 0.1) is 23.1 Å². The summed E-state index contributed by atoms with van der Waals surface area (Å²) in [5.74, 6) is -0.222. The number of halogens is 1. The van der Waals surface area contributed by atoms with Crippen LogP contribution in [0.3, 0.4) is 0 Å². The average molecular weight is 693 g/mol. The molecule has 1 spiro atoms. The van der Waals surface area contributed by atoms with Gasteiger partial charge in [-0.2, -0.15) is 0 Å². The summed E-state index contributed by atoms with van der Waals surface area (Å²) in [5.41, 5.74) is -2.45. The van der Waals surface area contributed by atoms with Crippen molar-refractivity contribution in [2.75, 3.05) is 39.3 Å². The Morgan fingerprint density at radius 3 is 2.22 bits per heavy atom. The van der Waals surface area contributed by atoms with Crippen molar-refractivity contribution in [3.63, 3.8) is 0 Å². The number of hydrogen-bond acceptors (Lipinski definition) is 6. The van der Waals surface area contributed by atoms with Gasteiger partial charge in [0, 0.05) is 74.0 Å². The van der Waals surface area contributed by atoms with Crippen molar-refractivity contribution in [3.05, 3.63) is 58.3 Å². The molecule has 10 nitrogen and oxygen atoms in total. The van der Waals surface area contributed by atoms with Crippen molar-refractivity contribution >= 4 is 17.9 Å². The second kappa shape index (κ2) is 14.1. The quantitative estimate of drug-likeness (QED) is 0.399. The van der Waals surface area contributed by atoms with E-state index in [1.54, 1.807) is 48.8 Å². The first-order chi connectivity index (χ1) is 23.7. The summed E-state index contributed by atoms with van der Waals surface area (Å²) < 4.78 is 22.1. The lowest BCUT2D eigenvalue weighted by Crippen LogP contribution is -2.62. The molecule has 1 aromatic heterocycles. The Bertz CT molecular complexity index is 1650. The standard InChI is InChI=1S/C39H53FN4O6/c1-27(22-28-10-9-11-28)34(46)43-17-16-39(49,38(25-43)14-7-8-15-38)26-44-24-31(30(23-33(44)45)29-12-5-6-13-32(29)40)35(47)41-18-20-42(21-19-41)36(48)50-37(2,3)4/h5-6,12-13,23-24,27-28,49H,7-11,14-22,25-26H2,1-4H3/t27?,39-/m1/s1. The maximum Gasteiger partial charge on any atom is 0.410 e. The van der Waals surface area contributed by atoms with Gasteiger partial charge < -0.3 is 29.1 Å². The van der Waals surface area contributed by atoms with Gasteiger partial charge in [-0.3, -0.25) is 14.4 Å². The number of hydrogen-bond donors (Lipinski definition) is 1. The molecule has 272 valence electrons. The van der Waals surface area contributed by atoms with E-state index in [-0.39, 0.29) is 67.1 Å². The minimum absolute atomic E-state index is 0.0320. The van der Waals surface area contributed by atoms with Gasteiger partial charge in [0.2, 0.25) is 5.91 Å². The van der Waals surface area contributed by atoms with Gasteiger partial charge in [-0.15, -0.1) is 0 Å². The number of nitrogens with zero attached hydrogens (tertiary/aromatic N) is 4. The lowest BCUT2D eigenvalue weighted by Gasteiger charge is -2.53. The molecule has 2 aromatic rings.